The summed E-state index contributed by atoms with van der Waals surface area (Å²) in [5.41, 5.74) is 1.04. The molecule has 2 N–H and O–H groups in total. The Bertz CT molecular complexity index is 571. The zero-order valence-corrected chi connectivity index (χ0v) is 14.8. The molecule has 1 aromatic heterocycles. The number of hydrogen-bond acceptors (Lipinski definition) is 3. The highest BCUT2D eigenvalue weighted by atomic mass is 16.2. The van der Waals surface area contributed by atoms with Gasteiger partial charge in [0, 0.05) is 44.8 Å². The van der Waals surface area contributed by atoms with Crippen LogP contribution in [0, 0.1) is 0 Å². The second-order valence-corrected chi connectivity index (χ2v) is 7.08. The lowest BCUT2D eigenvalue weighted by molar-refractivity contribution is -0.121. The van der Waals surface area contributed by atoms with Crippen LogP contribution in [-0.4, -0.2) is 58.8 Å². The molecule has 1 fully saturated rings. The van der Waals surface area contributed by atoms with Crippen LogP contribution in [0.5, 0.6) is 0 Å². The van der Waals surface area contributed by atoms with Gasteiger partial charge in [-0.3, -0.25) is 14.5 Å². The van der Waals surface area contributed by atoms with E-state index < -0.39 is 0 Å². The summed E-state index contributed by atoms with van der Waals surface area (Å²) in [6, 6.07) is 0. The third-order valence-electron chi connectivity index (χ3n) is 3.82. The lowest BCUT2D eigenvalue weighted by atomic mass is 10.0. The van der Waals surface area contributed by atoms with Crippen molar-refractivity contribution in [1.29, 1.82) is 0 Å². The first-order valence-corrected chi connectivity index (χ1v) is 8.03. The second-order valence-electron chi connectivity index (χ2n) is 7.08. The molecule has 0 saturated carbocycles. The fraction of sp³-hybridized carbons (Fsp3) is 0.688. The van der Waals surface area contributed by atoms with Crippen LogP contribution >= 0.6 is 0 Å². The molecule has 0 spiro atoms. The predicted molar refractivity (Wildman–Crippen MR) is 91.4 cm³/mol. The first-order valence-electron chi connectivity index (χ1n) is 8.03. The smallest absolute Gasteiger partial charge is 0.239 e. The summed E-state index contributed by atoms with van der Waals surface area (Å²) in [5, 5.41) is 10.3. The van der Waals surface area contributed by atoms with E-state index in [0.717, 1.165) is 25.5 Å². The Labute approximate surface area is 138 Å². The van der Waals surface area contributed by atoms with Crippen LogP contribution in [0.15, 0.2) is 17.4 Å². The Balaban J connectivity index is 1.86. The maximum atomic E-state index is 11.9. The summed E-state index contributed by atoms with van der Waals surface area (Å²) in [4.78, 5) is 18.4. The van der Waals surface area contributed by atoms with E-state index in [1.54, 1.807) is 7.05 Å². The van der Waals surface area contributed by atoms with Crippen LogP contribution in [0.3, 0.4) is 0 Å². The van der Waals surface area contributed by atoms with Crippen LogP contribution in [0.2, 0.25) is 0 Å². The maximum Gasteiger partial charge on any atom is 0.239 e. The Morgan fingerprint density at radius 2 is 2.22 bits per heavy atom. The van der Waals surface area contributed by atoms with Crippen molar-refractivity contribution in [3.8, 4) is 0 Å². The normalized spacial score (nSPS) is 19.1. The molecule has 128 valence electrons. The third-order valence-corrected chi connectivity index (χ3v) is 3.82. The number of carbonyl (C=O) groups excluding carboxylic acids is 1. The molecule has 2 rings (SSSR count). The number of nitrogens with zero attached hydrogens (tertiary/aromatic N) is 4. The zero-order valence-electron chi connectivity index (χ0n) is 14.8. The lowest BCUT2D eigenvalue weighted by Crippen LogP contribution is -2.48. The number of rotatable bonds is 3. The molecule has 0 aromatic carbocycles. The van der Waals surface area contributed by atoms with Crippen molar-refractivity contribution in [3.63, 3.8) is 0 Å². The van der Waals surface area contributed by atoms with E-state index in [2.05, 4.69) is 31.8 Å². The van der Waals surface area contributed by atoms with Crippen LogP contribution < -0.4 is 10.6 Å². The Kier molecular flexibility index (Phi) is 5.28. The van der Waals surface area contributed by atoms with Gasteiger partial charge in [0.1, 0.15) is 0 Å². The zero-order chi connectivity index (χ0) is 17.0. The molecule has 1 amide bonds. The molecule has 0 bridgehead atoms. The number of amides is 1. The monoisotopic (exact) mass is 320 g/mol. The highest BCUT2D eigenvalue weighted by Crippen LogP contribution is 2.26. The van der Waals surface area contributed by atoms with Gasteiger partial charge in [-0.25, -0.2) is 0 Å². The number of aryl methyl sites for hydroxylation is 1. The molecule has 23 heavy (non-hydrogen) atoms. The predicted octanol–water partition coefficient (Wildman–Crippen LogP) is 0.700. The number of aliphatic imine (C=N–C) groups is 1. The van der Waals surface area contributed by atoms with Gasteiger partial charge < -0.3 is 15.5 Å². The van der Waals surface area contributed by atoms with Crippen LogP contribution in [0.25, 0.3) is 0 Å². The van der Waals surface area contributed by atoms with Crippen LogP contribution in [-0.2, 0) is 11.8 Å². The topological polar surface area (TPSA) is 74.6 Å². The van der Waals surface area contributed by atoms with Crippen LogP contribution in [0.4, 0.5) is 0 Å². The van der Waals surface area contributed by atoms with Crippen molar-refractivity contribution in [2.24, 2.45) is 12.0 Å². The number of carbonyl (C=O) groups is 1. The largest absolute Gasteiger partial charge is 0.350 e. The minimum Gasteiger partial charge on any atom is -0.350 e. The van der Waals surface area contributed by atoms with E-state index in [-0.39, 0.29) is 18.0 Å². The SMILES string of the molecule is CN=C(NCC(=O)NC(C)(C)C)N1CCC(c2cnn(C)c2)C1. The van der Waals surface area contributed by atoms with Crippen molar-refractivity contribution in [2.45, 2.75) is 38.6 Å². The van der Waals surface area contributed by atoms with Gasteiger partial charge in [-0.15, -0.1) is 0 Å². The minimum atomic E-state index is -0.221. The molecule has 1 aromatic rings. The Morgan fingerprint density at radius 3 is 2.78 bits per heavy atom. The van der Waals surface area contributed by atoms with Crippen molar-refractivity contribution in [3.05, 3.63) is 18.0 Å². The molecular formula is C16H28N6O. The standard InChI is InChI=1S/C16H28N6O/c1-16(2,3)20-14(23)9-18-15(17-4)22-7-6-12(11-22)13-8-19-21(5)10-13/h8,10,12H,6-7,9,11H2,1-5H3,(H,17,18)(H,20,23). The molecule has 7 heteroatoms. The Morgan fingerprint density at radius 1 is 1.48 bits per heavy atom. The van der Waals surface area contributed by atoms with Gasteiger partial charge in [-0.1, -0.05) is 0 Å². The summed E-state index contributed by atoms with van der Waals surface area (Å²) >= 11 is 0. The van der Waals surface area contributed by atoms with Gasteiger partial charge in [0.15, 0.2) is 5.96 Å². The number of hydrogen-bond donors (Lipinski definition) is 2. The summed E-state index contributed by atoms with van der Waals surface area (Å²) in [5.74, 6) is 1.22. The first kappa shape index (κ1) is 17.3. The van der Waals surface area contributed by atoms with Gasteiger partial charge in [-0.2, -0.15) is 5.10 Å². The quantitative estimate of drug-likeness (QED) is 0.635. The minimum absolute atomic E-state index is 0.0262. The first-order chi connectivity index (χ1) is 10.8. The molecule has 0 radical (unpaired) electrons. The summed E-state index contributed by atoms with van der Waals surface area (Å²) in [7, 11) is 3.69. The van der Waals surface area contributed by atoms with Gasteiger partial charge >= 0.3 is 0 Å². The molecule has 1 atom stereocenters. The van der Waals surface area contributed by atoms with Crippen LogP contribution in [0.1, 0.15) is 38.7 Å². The molecule has 7 nitrogen and oxygen atoms in total. The fourth-order valence-corrected chi connectivity index (χ4v) is 2.83. The van der Waals surface area contributed by atoms with Gasteiger partial charge in [0.25, 0.3) is 0 Å². The van der Waals surface area contributed by atoms with Crippen molar-refractivity contribution < 1.29 is 4.79 Å². The summed E-state index contributed by atoms with van der Waals surface area (Å²) in [6.45, 7) is 7.97. The van der Waals surface area contributed by atoms with E-state index in [0.29, 0.717) is 5.92 Å². The molecule has 0 aliphatic carbocycles. The molecule has 1 aliphatic heterocycles. The highest BCUT2D eigenvalue weighted by Gasteiger charge is 2.27. The lowest BCUT2D eigenvalue weighted by Gasteiger charge is -2.24. The van der Waals surface area contributed by atoms with E-state index >= 15 is 0 Å². The number of nitrogens with one attached hydrogen (secondary N) is 2. The Hall–Kier alpha value is -2.05. The summed E-state index contributed by atoms with van der Waals surface area (Å²) in [6.07, 6.45) is 5.07. The number of likely N-dealkylation sites (tertiary alicyclic amines) is 1. The van der Waals surface area contributed by atoms with Gasteiger partial charge in [0.2, 0.25) is 5.91 Å². The van der Waals surface area contributed by atoms with Crippen molar-refractivity contribution in [2.75, 3.05) is 26.7 Å². The van der Waals surface area contributed by atoms with Crippen molar-refractivity contribution >= 4 is 11.9 Å². The van der Waals surface area contributed by atoms with E-state index in [4.69, 9.17) is 0 Å². The second kappa shape index (κ2) is 7.02. The molecule has 1 aliphatic rings. The van der Waals surface area contributed by atoms with E-state index in [1.807, 2.05) is 38.7 Å². The van der Waals surface area contributed by atoms with Gasteiger partial charge in [-0.05, 0) is 32.8 Å². The average Bonchev–Trinajstić information content (AvgIpc) is 3.06. The van der Waals surface area contributed by atoms with Crippen molar-refractivity contribution in [1.82, 2.24) is 25.3 Å². The van der Waals surface area contributed by atoms with E-state index in [9.17, 15) is 4.79 Å². The van der Waals surface area contributed by atoms with E-state index in [1.165, 1.54) is 5.56 Å². The highest BCUT2D eigenvalue weighted by molar-refractivity contribution is 5.86. The maximum absolute atomic E-state index is 11.9. The molecular weight excluding hydrogens is 292 g/mol. The molecule has 1 unspecified atom stereocenters. The average molecular weight is 320 g/mol. The number of aromatic nitrogens is 2. The van der Waals surface area contributed by atoms with Gasteiger partial charge in [0.05, 0.1) is 12.7 Å². The fourth-order valence-electron chi connectivity index (χ4n) is 2.83. The number of guanidine groups is 1. The third kappa shape index (κ3) is 4.97. The molecule has 1 saturated heterocycles. The molecule has 2 heterocycles. The summed E-state index contributed by atoms with van der Waals surface area (Å²) < 4.78 is 1.84.